The van der Waals surface area contributed by atoms with Crippen molar-refractivity contribution >= 4 is 41.4 Å². The highest BCUT2D eigenvalue weighted by molar-refractivity contribution is 7.97. The van der Waals surface area contributed by atoms with Crippen molar-refractivity contribution in [2.24, 2.45) is 17.8 Å². The summed E-state index contributed by atoms with van der Waals surface area (Å²) in [6, 6.07) is 6.06. The number of nitrogens with zero attached hydrogens (tertiary/aromatic N) is 1. The maximum atomic E-state index is 10.9. The molecule has 0 aliphatic heterocycles. The van der Waals surface area contributed by atoms with E-state index < -0.39 is 11.1 Å². The highest BCUT2D eigenvalue weighted by atomic mass is 35.5. The molecule has 30 heavy (non-hydrogen) atoms. The van der Waals surface area contributed by atoms with E-state index >= 15 is 0 Å². The van der Waals surface area contributed by atoms with E-state index in [1.807, 2.05) is 44.3 Å². The maximum Gasteiger partial charge on any atom is 0.140 e. The second-order valence-electron chi connectivity index (χ2n) is 9.71. The van der Waals surface area contributed by atoms with Crippen molar-refractivity contribution in [1.82, 2.24) is 9.62 Å². The van der Waals surface area contributed by atoms with Crippen molar-refractivity contribution in [2.45, 2.75) is 75.5 Å². The number of rotatable bonds is 5. The average Bonchev–Trinajstić information content (AvgIpc) is 2.64. The lowest BCUT2D eigenvalue weighted by molar-refractivity contribution is -0.113. The summed E-state index contributed by atoms with van der Waals surface area (Å²) in [6.07, 6.45) is 5.52. The molecule has 1 aromatic carbocycles. The molecular formula is C23H36Cl2N2O2S. The van der Waals surface area contributed by atoms with E-state index in [2.05, 4.69) is 19.3 Å². The molecule has 0 spiro atoms. The molecule has 5 atom stereocenters. The predicted molar refractivity (Wildman–Crippen MR) is 128 cm³/mol. The minimum Gasteiger partial charge on any atom is -0.390 e. The lowest BCUT2D eigenvalue weighted by Crippen LogP contribution is -2.51. The molecule has 170 valence electrons. The Labute approximate surface area is 196 Å². The summed E-state index contributed by atoms with van der Waals surface area (Å²) in [6.45, 7) is 8.03. The van der Waals surface area contributed by atoms with Crippen LogP contribution < -0.4 is 5.32 Å². The van der Waals surface area contributed by atoms with Gasteiger partial charge >= 0.3 is 0 Å². The SMILES string of the molecule is CN(Sc1cccc(Cl)c1Cl)C(C)(C)C=O.CNC1C(C)CC2CC1CC(C)(O)C2. The van der Waals surface area contributed by atoms with Gasteiger partial charge in [0.05, 0.1) is 21.2 Å². The minimum absolute atomic E-state index is 0.400. The fraction of sp³-hybridized carbons (Fsp3) is 0.696. The van der Waals surface area contributed by atoms with Crippen molar-refractivity contribution in [3.8, 4) is 0 Å². The first-order valence-electron chi connectivity index (χ1n) is 10.6. The zero-order valence-corrected chi connectivity index (χ0v) is 21.2. The number of hydrogen-bond acceptors (Lipinski definition) is 5. The van der Waals surface area contributed by atoms with Gasteiger partial charge in [-0.15, -0.1) is 0 Å². The van der Waals surface area contributed by atoms with E-state index in [4.69, 9.17) is 23.2 Å². The topological polar surface area (TPSA) is 52.6 Å². The van der Waals surface area contributed by atoms with Crippen LogP contribution in [-0.2, 0) is 4.79 Å². The van der Waals surface area contributed by atoms with Crippen LogP contribution >= 0.6 is 35.1 Å². The molecular weight excluding hydrogens is 439 g/mol. The van der Waals surface area contributed by atoms with Crippen LogP contribution in [-0.4, -0.2) is 47.0 Å². The van der Waals surface area contributed by atoms with E-state index in [0.29, 0.717) is 22.0 Å². The van der Waals surface area contributed by atoms with E-state index in [1.54, 1.807) is 6.07 Å². The van der Waals surface area contributed by atoms with Crippen molar-refractivity contribution < 1.29 is 9.90 Å². The Balaban J connectivity index is 0.000000215. The van der Waals surface area contributed by atoms with Gasteiger partial charge in [-0.05, 0) is 102 Å². The monoisotopic (exact) mass is 474 g/mol. The molecule has 0 heterocycles. The van der Waals surface area contributed by atoms with E-state index in [-0.39, 0.29) is 0 Å². The van der Waals surface area contributed by atoms with Gasteiger partial charge in [0, 0.05) is 10.9 Å². The first-order valence-corrected chi connectivity index (χ1v) is 12.1. The predicted octanol–water partition coefficient (Wildman–Crippen LogP) is 5.69. The van der Waals surface area contributed by atoms with Gasteiger partial charge < -0.3 is 15.2 Å². The van der Waals surface area contributed by atoms with Gasteiger partial charge in [-0.1, -0.05) is 36.2 Å². The van der Waals surface area contributed by atoms with Crippen LogP contribution in [0.1, 0.15) is 53.4 Å². The molecule has 2 N–H and O–H groups in total. The van der Waals surface area contributed by atoms with Crippen LogP contribution in [0.25, 0.3) is 0 Å². The Hall–Kier alpha value is -0.300. The summed E-state index contributed by atoms with van der Waals surface area (Å²) >= 11 is 13.4. The number of likely N-dealkylation sites (N-methyl/N-ethyl adjacent to an activating group) is 1. The summed E-state index contributed by atoms with van der Waals surface area (Å²) in [5.74, 6) is 2.24. The highest BCUT2D eigenvalue weighted by Gasteiger charge is 2.44. The fourth-order valence-corrected chi connectivity index (χ4v) is 6.23. The van der Waals surface area contributed by atoms with Crippen LogP contribution in [0, 0.1) is 17.8 Å². The number of aliphatic hydroxyl groups is 1. The molecule has 2 bridgehead atoms. The summed E-state index contributed by atoms with van der Waals surface area (Å²) in [7, 11) is 3.90. The number of fused-ring (bicyclic) bond motifs is 2. The normalized spacial score (nSPS) is 31.1. The quantitative estimate of drug-likeness (QED) is 0.423. The van der Waals surface area contributed by atoms with Crippen LogP contribution in [0.3, 0.4) is 0 Å². The zero-order chi connectivity index (χ0) is 22.7. The first-order chi connectivity index (χ1) is 13.9. The number of carbonyl (C=O) groups is 1. The highest BCUT2D eigenvalue weighted by Crippen LogP contribution is 2.46. The number of nitrogens with one attached hydrogen (secondary N) is 1. The number of halogens is 2. The Morgan fingerprint density at radius 3 is 2.57 bits per heavy atom. The van der Waals surface area contributed by atoms with Gasteiger partial charge in [0.1, 0.15) is 6.29 Å². The van der Waals surface area contributed by atoms with Crippen LogP contribution in [0.15, 0.2) is 23.1 Å². The summed E-state index contributed by atoms with van der Waals surface area (Å²) in [4.78, 5) is 11.7. The van der Waals surface area contributed by atoms with E-state index in [1.165, 1.54) is 24.8 Å². The van der Waals surface area contributed by atoms with E-state index in [0.717, 1.165) is 35.9 Å². The Kier molecular flexibility index (Phi) is 9.12. The molecule has 2 fully saturated rings. The van der Waals surface area contributed by atoms with Gasteiger partial charge in [0.2, 0.25) is 0 Å². The van der Waals surface area contributed by atoms with Crippen LogP contribution in [0.2, 0.25) is 10.0 Å². The fourth-order valence-electron chi connectivity index (χ4n) is 4.87. The Morgan fingerprint density at radius 1 is 1.30 bits per heavy atom. The lowest BCUT2D eigenvalue weighted by Gasteiger charge is -2.49. The third-order valence-electron chi connectivity index (χ3n) is 6.48. The van der Waals surface area contributed by atoms with Gasteiger partial charge in [-0.2, -0.15) is 0 Å². The molecule has 7 heteroatoms. The number of benzene rings is 1. The van der Waals surface area contributed by atoms with Gasteiger partial charge in [0.15, 0.2) is 0 Å². The molecule has 0 aromatic heterocycles. The van der Waals surface area contributed by atoms with Crippen molar-refractivity contribution in [2.75, 3.05) is 14.1 Å². The Morgan fingerprint density at radius 2 is 1.97 bits per heavy atom. The number of aldehydes is 1. The zero-order valence-electron chi connectivity index (χ0n) is 18.9. The Bertz CT molecular complexity index is 727. The molecule has 2 aliphatic carbocycles. The van der Waals surface area contributed by atoms with Crippen LogP contribution in [0.4, 0.5) is 0 Å². The molecule has 5 unspecified atom stereocenters. The number of hydrogen-bond donors (Lipinski definition) is 2. The third-order valence-corrected chi connectivity index (χ3v) is 8.69. The summed E-state index contributed by atoms with van der Waals surface area (Å²) in [5.41, 5.74) is -0.945. The van der Waals surface area contributed by atoms with Crippen molar-refractivity contribution in [1.29, 1.82) is 0 Å². The summed E-state index contributed by atoms with van der Waals surface area (Å²) < 4.78 is 1.84. The second-order valence-corrected chi connectivity index (χ2v) is 11.7. The summed E-state index contributed by atoms with van der Waals surface area (Å²) in [5, 5.41) is 14.6. The van der Waals surface area contributed by atoms with Gasteiger partial charge in [-0.3, -0.25) is 0 Å². The molecule has 2 saturated carbocycles. The molecule has 0 saturated heterocycles. The molecule has 0 radical (unpaired) electrons. The van der Waals surface area contributed by atoms with Crippen molar-refractivity contribution in [3.05, 3.63) is 28.2 Å². The second kappa shape index (κ2) is 10.5. The molecule has 3 rings (SSSR count). The standard InChI is InChI=1S/C12H23NO.C11H13Cl2NOS/c1-8-4-9-5-10(11(8)13-3)7-12(2,14)6-9;1-11(2,7-15)14(3)16-9-6-4-5-8(12)10(9)13/h8-11,13-14H,4-7H2,1-3H3;4-7H,1-3H3. The molecule has 2 aliphatic rings. The first kappa shape index (κ1) is 26.0. The smallest absolute Gasteiger partial charge is 0.140 e. The average molecular weight is 476 g/mol. The van der Waals surface area contributed by atoms with E-state index in [9.17, 15) is 9.90 Å². The minimum atomic E-state index is -0.545. The largest absolute Gasteiger partial charge is 0.390 e. The van der Waals surface area contributed by atoms with Crippen molar-refractivity contribution in [3.63, 3.8) is 0 Å². The lowest BCUT2D eigenvalue weighted by atomic mass is 9.61. The molecule has 4 nitrogen and oxygen atoms in total. The molecule has 1 aromatic rings. The third kappa shape index (κ3) is 6.60. The van der Waals surface area contributed by atoms with Gasteiger partial charge in [-0.25, -0.2) is 4.31 Å². The maximum absolute atomic E-state index is 10.9. The number of carbonyl (C=O) groups excluding carboxylic acids is 1. The van der Waals surface area contributed by atoms with Gasteiger partial charge in [0.25, 0.3) is 0 Å². The van der Waals surface area contributed by atoms with Crippen LogP contribution in [0.5, 0.6) is 0 Å². The molecule has 0 amide bonds.